The Morgan fingerprint density at radius 2 is 1.54 bits per heavy atom. The molecule has 4 nitrogen and oxygen atoms in total. The lowest BCUT2D eigenvalue weighted by Crippen LogP contribution is -2.14. The molecule has 0 rings (SSSR count). The minimum atomic E-state index is -0.659. The SMILES string of the molecule is C=CC(=O)O[C](CC)OC(=O)C=C. The molecule has 0 aromatic heterocycles. The van der Waals surface area contributed by atoms with E-state index in [1.165, 1.54) is 0 Å². The monoisotopic (exact) mass is 183 g/mol. The van der Waals surface area contributed by atoms with E-state index in [1.54, 1.807) is 6.92 Å². The highest BCUT2D eigenvalue weighted by Gasteiger charge is 2.16. The molecule has 0 N–H and O–H groups in total. The Bertz CT molecular complexity index is 198. The molecule has 0 saturated heterocycles. The molecule has 0 amide bonds. The van der Waals surface area contributed by atoms with E-state index in [0.717, 1.165) is 12.2 Å². The fourth-order valence-electron chi connectivity index (χ4n) is 0.473. The van der Waals surface area contributed by atoms with Crippen molar-refractivity contribution in [1.82, 2.24) is 0 Å². The van der Waals surface area contributed by atoms with Crippen molar-refractivity contribution in [3.05, 3.63) is 31.6 Å². The van der Waals surface area contributed by atoms with E-state index in [-0.39, 0.29) is 6.29 Å². The molecule has 0 aromatic carbocycles. The fourth-order valence-corrected chi connectivity index (χ4v) is 0.473. The van der Waals surface area contributed by atoms with Crippen LogP contribution >= 0.6 is 0 Å². The third-order valence-corrected chi connectivity index (χ3v) is 1.05. The average Bonchev–Trinajstić information content (AvgIpc) is 2.16. The van der Waals surface area contributed by atoms with Crippen LogP contribution in [-0.4, -0.2) is 11.9 Å². The molecule has 0 heterocycles. The number of carbonyl (C=O) groups excluding carboxylic acids is 2. The van der Waals surface area contributed by atoms with Crippen LogP contribution in [0.15, 0.2) is 25.3 Å². The van der Waals surface area contributed by atoms with Gasteiger partial charge in [0.05, 0.1) is 0 Å². The topological polar surface area (TPSA) is 52.6 Å². The second-order valence-electron chi connectivity index (χ2n) is 1.98. The van der Waals surface area contributed by atoms with Crippen LogP contribution in [0.5, 0.6) is 0 Å². The second-order valence-corrected chi connectivity index (χ2v) is 1.98. The van der Waals surface area contributed by atoms with Gasteiger partial charge in [-0.25, -0.2) is 9.59 Å². The third kappa shape index (κ3) is 4.79. The molecule has 0 atom stereocenters. The zero-order valence-electron chi connectivity index (χ0n) is 7.41. The summed E-state index contributed by atoms with van der Waals surface area (Å²) in [5.74, 6) is -1.32. The smallest absolute Gasteiger partial charge is 0.334 e. The predicted molar refractivity (Wildman–Crippen MR) is 46.1 cm³/mol. The van der Waals surface area contributed by atoms with Crippen molar-refractivity contribution in [1.29, 1.82) is 0 Å². The molecule has 0 aliphatic carbocycles. The Labute approximate surface area is 76.8 Å². The van der Waals surface area contributed by atoms with Gasteiger partial charge in [0.2, 0.25) is 0 Å². The van der Waals surface area contributed by atoms with Crippen molar-refractivity contribution >= 4 is 11.9 Å². The first kappa shape index (κ1) is 11.4. The lowest BCUT2D eigenvalue weighted by Gasteiger charge is -2.11. The standard InChI is InChI=1S/C9H11O4/c1-4-7(10)12-9(6-3)13-8(11)5-2/h4-5H,1-2,6H2,3H3. The summed E-state index contributed by atoms with van der Waals surface area (Å²) < 4.78 is 9.18. The van der Waals surface area contributed by atoms with Crippen molar-refractivity contribution in [2.75, 3.05) is 0 Å². The number of esters is 2. The van der Waals surface area contributed by atoms with E-state index >= 15 is 0 Å². The van der Waals surface area contributed by atoms with Gasteiger partial charge >= 0.3 is 18.2 Å². The van der Waals surface area contributed by atoms with Crippen molar-refractivity contribution < 1.29 is 19.1 Å². The van der Waals surface area contributed by atoms with E-state index < -0.39 is 11.9 Å². The number of carbonyl (C=O) groups is 2. The quantitative estimate of drug-likeness (QED) is 0.476. The lowest BCUT2D eigenvalue weighted by atomic mass is 10.4. The zero-order valence-corrected chi connectivity index (χ0v) is 7.41. The van der Waals surface area contributed by atoms with Crippen LogP contribution in [0.3, 0.4) is 0 Å². The van der Waals surface area contributed by atoms with Crippen LogP contribution < -0.4 is 0 Å². The summed E-state index contributed by atoms with van der Waals surface area (Å²) in [6.45, 7) is 8.08. The maximum absolute atomic E-state index is 10.7. The van der Waals surface area contributed by atoms with Crippen molar-refractivity contribution in [2.24, 2.45) is 0 Å². The highest BCUT2D eigenvalue weighted by Crippen LogP contribution is 2.10. The molecule has 0 bridgehead atoms. The summed E-state index contributed by atoms with van der Waals surface area (Å²) in [4.78, 5) is 21.3. The zero-order chi connectivity index (χ0) is 10.3. The molecule has 0 spiro atoms. The van der Waals surface area contributed by atoms with Crippen LogP contribution in [0, 0.1) is 6.29 Å². The molecule has 13 heavy (non-hydrogen) atoms. The summed E-state index contributed by atoms with van der Waals surface area (Å²) >= 11 is 0. The highest BCUT2D eigenvalue weighted by molar-refractivity contribution is 5.83. The minimum absolute atomic E-state index is 0.0604. The summed E-state index contributed by atoms with van der Waals surface area (Å²) in [5, 5.41) is 0. The molecule has 0 aliphatic rings. The molecule has 4 heteroatoms. The van der Waals surface area contributed by atoms with Gasteiger partial charge in [-0.05, 0) is 0 Å². The number of hydrogen-bond acceptors (Lipinski definition) is 4. The average molecular weight is 183 g/mol. The molecule has 0 saturated carbocycles. The van der Waals surface area contributed by atoms with Crippen LogP contribution in [0.4, 0.5) is 0 Å². The molecule has 0 fully saturated rings. The maximum Gasteiger partial charge on any atom is 0.334 e. The van der Waals surface area contributed by atoms with E-state index in [4.69, 9.17) is 0 Å². The Balaban J connectivity index is 4.02. The van der Waals surface area contributed by atoms with Gasteiger partial charge in [-0.1, -0.05) is 20.1 Å². The van der Waals surface area contributed by atoms with Gasteiger partial charge in [0, 0.05) is 18.6 Å². The molecule has 1 radical (unpaired) electrons. The Hall–Kier alpha value is -1.58. The largest absolute Gasteiger partial charge is 0.411 e. The van der Waals surface area contributed by atoms with E-state index in [2.05, 4.69) is 22.6 Å². The van der Waals surface area contributed by atoms with E-state index in [1.807, 2.05) is 0 Å². The molecule has 0 aliphatic heterocycles. The third-order valence-electron chi connectivity index (χ3n) is 1.05. The lowest BCUT2D eigenvalue weighted by molar-refractivity contribution is -0.158. The fraction of sp³-hybridized carbons (Fsp3) is 0.222. The normalized spacial score (nSPS) is 9.08. The van der Waals surface area contributed by atoms with Crippen molar-refractivity contribution in [3.8, 4) is 0 Å². The molecular formula is C9H11O4. The number of rotatable bonds is 5. The van der Waals surface area contributed by atoms with Gasteiger partial charge in [-0.3, -0.25) is 0 Å². The van der Waals surface area contributed by atoms with Crippen LogP contribution in [0.2, 0.25) is 0 Å². The molecule has 71 valence electrons. The predicted octanol–water partition coefficient (Wildman–Crippen LogP) is 1.34. The maximum atomic E-state index is 10.7. The van der Waals surface area contributed by atoms with Gasteiger partial charge < -0.3 is 9.47 Å². The van der Waals surface area contributed by atoms with Crippen molar-refractivity contribution in [3.63, 3.8) is 0 Å². The van der Waals surface area contributed by atoms with Crippen LogP contribution in [0.25, 0.3) is 0 Å². The van der Waals surface area contributed by atoms with E-state index in [0.29, 0.717) is 6.42 Å². The first-order chi connectivity index (χ1) is 6.13. The van der Waals surface area contributed by atoms with Gasteiger partial charge in [0.15, 0.2) is 0 Å². The Kier molecular flexibility index (Phi) is 5.27. The summed E-state index contributed by atoms with van der Waals surface area (Å²) in [7, 11) is 0. The van der Waals surface area contributed by atoms with Gasteiger partial charge in [-0.15, -0.1) is 0 Å². The van der Waals surface area contributed by atoms with Crippen LogP contribution in [0.1, 0.15) is 13.3 Å². The van der Waals surface area contributed by atoms with Crippen LogP contribution in [-0.2, 0) is 19.1 Å². The number of ether oxygens (including phenoxy) is 2. The Morgan fingerprint density at radius 1 is 1.15 bits per heavy atom. The first-order valence-corrected chi connectivity index (χ1v) is 3.68. The van der Waals surface area contributed by atoms with E-state index in [9.17, 15) is 9.59 Å². The first-order valence-electron chi connectivity index (χ1n) is 3.68. The summed E-state index contributed by atoms with van der Waals surface area (Å²) in [6.07, 6.45) is 2.21. The summed E-state index contributed by atoms with van der Waals surface area (Å²) in [6, 6.07) is 0. The molecule has 0 aromatic rings. The minimum Gasteiger partial charge on any atom is -0.411 e. The van der Waals surface area contributed by atoms with Gasteiger partial charge in [0.1, 0.15) is 0 Å². The molecule has 0 unspecified atom stereocenters. The van der Waals surface area contributed by atoms with Crippen molar-refractivity contribution in [2.45, 2.75) is 13.3 Å². The van der Waals surface area contributed by atoms with Gasteiger partial charge in [0.25, 0.3) is 0 Å². The molecular weight excluding hydrogens is 172 g/mol. The second kappa shape index (κ2) is 5.99. The Morgan fingerprint density at radius 3 is 1.77 bits per heavy atom. The highest BCUT2D eigenvalue weighted by atomic mass is 16.7. The van der Waals surface area contributed by atoms with Gasteiger partial charge in [-0.2, -0.15) is 0 Å². The summed E-state index contributed by atoms with van der Waals surface area (Å²) in [5.41, 5.74) is 0. The number of hydrogen-bond donors (Lipinski definition) is 0.